The molecule has 1 aliphatic heterocycles. The Balaban J connectivity index is 2.38. The summed E-state index contributed by atoms with van der Waals surface area (Å²) in [5, 5.41) is 12.6. The second kappa shape index (κ2) is 4.08. The van der Waals surface area contributed by atoms with Crippen molar-refractivity contribution in [3.05, 3.63) is 17.5 Å². The van der Waals surface area contributed by atoms with Crippen LogP contribution in [-0.4, -0.2) is 21.3 Å². The fourth-order valence-corrected chi connectivity index (χ4v) is 1.85. The number of hydrogen-bond acceptors (Lipinski definition) is 4. The van der Waals surface area contributed by atoms with Crippen LogP contribution in [-0.2, 0) is 13.5 Å². The van der Waals surface area contributed by atoms with E-state index in [1.807, 2.05) is 17.9 Å². The molecule has 0 spiro atoms. The summed E-state index contributed by atoms with van der Waals surface area (Å²) < 4.78 is 1.82. The van der Waals surface area contributed by atoms with Crippen LogP contribution in [0.5, 0.6) is 0 Å². The quantitative estimate of drug-likeness (QED) is 0.808. The van der Waals surface area contributed by atoms with Gasteiger partial charge in [0.25, 0.3) is 0 Å². The van der Waals surface area contributed by atoms with Gasteiger partial charge in [0.1, 0.15) is 5.84 Å². The van der Waals surface area contributed by atoms with Gasteiger partial charge in [0.05, 0.1) is 11.4 Å². The van der Waals surface area contributed by atoms with Crippen molar-refractivity contribution in [3.8, 4) is 0 Å². The predicted molar refractivity (Wildman–Crippen MR) is 64.5 cm³/mol. The van der Waals surface area contributed by atoms with E-state index in [1.165, 1.54) is 0 Å². The minimum atomic E-state index is 0.261. The normalized spacial score (nSPS) is 20.6. The van der Waals surface area contributed by atoms with Crippen LogP contribution >= 0.6 is 0 Å². The van der Waals surface area contributed by atoms with Gasteiger partial charge in [0, 0.05) is 31.1 Å². The molecule has 0 radical (unpaired) electrons. The Morgan fingerprint density at radius 3 is 2.88 bits per heavy atom. The highest BCUT2D eigenvalue weighted by atomic mass is 15.3. The molecule has 0 aliphatic carbocycles. The van der Waals surface area contributed by atoms with Crippen molar-refractivity contribution in [2.45, 2.75) is 26.7 Å². The summed E-state index contributed by atoms with van der Waals surface area (Å²) >= 11 is 0. The molecule has 2 N–H and O–H groups in total. The fraction of sp³-hybridized carbons (Fsp3) is 0.545. The standard InChI is InChI=1S/C11H17N5/c1-4-9-8(6-16(3)15-9)10-5-7(2)11(12)14-13-10/h6-7H,4-5H2,1-3H3,(H2,12,14). The van der Waals surface area contributed by atoms with Gasteiger partial charge in [0.2, 0.25) is 0 Å². The van der Waals surface area contributed by atoms with Crippen LogP contribution in [0, 0.1) is 5.92 Å². The highest BCUT2D eigenvalue weighted by Crippen LogP contribution is 2.18. The zero-order valence-corrected chi connectivity index (χ0v) is 9.94. The summed E-state index contributed by atoms with van der Waals surface area (Å²) in [5.41, 5.74) is 8.89. The average Bonchev–Trinajstić information content (AvgIpc) is 2.63. The van der Waals surface area contributed by atoms with Gasteiger partial charge in [-0.25, -0.2) is 0 Å². The summed E-state index contributed by atoms with van der Waals surface area (Å²) in [6.07, 6.45) is 3.75. The van der Waals surface area contributed by atoms with E-state index in [1.54, 1.807) is 0 Å². The number of amidine groups is 1. The Kier molecular flexibility index (Phi) is 2.77. The molecule has 1 unspecified atom stereocenters. The first kappa shape index (κ1) is 10.9. The largest absolute Gasteiger partial charge is 0.385 e. The minimum absolute atomic E-state index is 0.261. The molecule has 2 heterocycles. The Morgan fingerprint density at radius 1 is 1.50 bits per heavy atom. The maximum Gasteiger partial charge on any atom is 0.125 e. The Morgan fingerprint density at radius 2 is 2.25 bits per heavy atom. The molecule has 0 saturated carbocycles. The third-order valence-corrected chi connectivity index (χ3v) is 2.84. The molecule has 16 heavy (non-hydrogen) atoms. The van der Waals surface area contributed by atoms with Gasteiger partial charge in [-0.1, -0.05) is 13.8 Å². The summed E-state index contributed by atoms with van der Waals surface area (Å²) in [4.78, 5) is 0. The topological polar surface area (TPSA) is 68.6 Å². The van der Waals surface area contributed by atoms with E-state index in [9.17, 15) is 0 Å². The van der Waals surface area contributed by atoms with E-state index >= 15 is 0 Å². The molecule has 2 rings (SSSR count). The number of nitrogens with zero attached hydrogens (tertiary/aromatic N) is 4. The Bertz CT molecular complexity index is 455. The SMILES string of the molecule is CCc1nn(C)cc1C1=NN=C(N)C(C)C1. The number of hydrogen-bond donors (Lipinski definition) is 1. The van der Waals surface area contributed by atoms with E-state index < -0.39 is 0 Å². The highest BCUT2D eigenvalue weighted by molar-refractivity contribution is 6.05. The van der Waals surface area contributed by atoms with Crippen molar-refractivity contribution < 1.29 is 0 Å². The molecule has 1 aliphatic rings. The zero-order chi connectivity index (χ0) is 11.7. The third kappa shape index (κ3) is 1.85. The lowest BCUT2D eigenvalue weighted by Gasteiger charge is -2.15. The molecule has 1 aromatic heterocycles. The van der Waals surface area contributed by atoms with Gasteiger partial charge >= 0.3 is 0 Å². The summed E-state index contributed by atoms with van der Waals surface area (Å²) in [6, 6.07) is 0. The number of aromatic nitrogens is 2. The lowest BCUT2D eigenvalue weighted by molar-refractivity contribution is 0.746. The molecule has 1 atom stereocenters. The first-order valence-electron chi connectivity index (χ1n) is 5.54. The first-order chi connectivity index (χ1) is 7.61. The minimum Gasteiger partial charge on any atom is -0.385 e. The molecule has 0 amide bonds. The van der Waals surface area contributed by atoms with Crippen molar-refractivity contribution in [1.82, 2.24) is 9.78 Å². The van der Waals surface area contributed by atoms with Crippen molar-refractivity contribution in [2.75, 3.05) is 0 Å². The van der Waals surface area contributed by atoms with E-state index in [-0.39, 0.29) is 5.92 Å². The highest BCUT2D eigenvalue weighted by Gasteiger charge is 2.20. The van der Waals surface area contributed by atoms with E-state index in [0.29, 0.717) is 5.84 Å². The van der Waals surface area contributed by atoms with Gasteiger partial charge in [-0.3, -0.25) is 4.68 Å². The second-order valence-corrected chi connectivity index (χ2v) is 4.19. The number of aryl methyl sites for hydroxylation is 2. The number of nitrogens with two attached hydrogens (primary N) is 1. The van der Waals surface area contributed by atoms with Crippen LogP contribution in [0.1, 0.15) is 31.5 Å². The average molecular weight is 219 g/mol. The molecule has 5 heteroatoms. The molecular formula is C11H17N5. The van der Waals surface area contributed by atoms with Crippen LogP contribution in [0.2, 0.25) is 0 Å². The third-order valence-electron chi connectivity index (χ3n) is 2.84. The molecular weight excluding hydrogens is 202 g/mol. The van der Waals surface area contributed by atoms with Crippen molar-refractivity contribution in [3.63, 3.8) is 0 Å². The lowest BCUT2D eigenvalue weighted by atomic mass is 9.97. The van der Waals surface area contributed by atoms with Crippen LogP contribution in [0.25, 0.3) is 0 Å². The van der Waals surface area contributed by atoms with Crippen molar-refractivity contribution >= 4 is 11.5 Å². The van der Waals surface area contributed by atoms with E-state index in [2.05, 4.69) is 29.1 Å². The molecule has 0 aromatic carbocycles. The van der Waals surface area contributed by atoms with Gasteiger partial charge in [0.15, 0.2) is 0 Å². The van der Waals surface area contributed by atoms with Crippen LogP contribution < -0.4 is 5.73 Å². The second-order valence-electron chi connectivity index (χ2n) is 4.19. The predicted octanol–water partition coefficient (Wildman–Crippen LogP) is 1.08. The molecule has 0 fully saturated rings. The van der Waals surface area contributed by atoms with Crippen LogP contribution in [0.4, 0.5) is 0 Å². The number of rotatable bonds is 2. The maximum atomic E-state index is 5.72. The summed E-state index contributed by atoms with van der Waals surface area (Å²) in [6.45, 7) is 4.16. The maximum absolute atomic E-state index is 5.72. The molecule has 0 saturated heterocycles. The summed E-state index contributed by atoms with van der Waals surface area (Å²) in [7, 11) is 1.92. The lowest BCUT2D eigenvalue weighted by Crippen LogP contribution is -2.27. The van der Waals surface area contributed by atoms with E-state index in [4.69, 9.17) is 5.73 Å². The Labute approximate surface area is 95.1 Å². The molecule has 0 bridgehead atoms. The van der Waals surface area contributed by atoms with E-state index in [0.717, 1.165) is 29.8 Å². The van der Waals surface area contributed by atoms with Crippen molar-refractivity contribution in [1.29, 1.82) is 0 Å². The first-order valence-corrected chi connectivity index (χ1v) is 5.54. The fourth-order valence-electron chi connectivity index (χ4n) is 1.85. The van der Waals surface area contributed by atoms with Crippen LogP contribution in [0.15, 0.2) is 16.4 Å². The monoisotopic (exact) mass is 219 g/mol. The summed E-state index contributed by atoms with van der Waals surface area (Å²) in [5.74, 6) is 0.878. The van der Waals surface area contributed by atoms with Gasteiger partial charge in [-0.2, -0.15) is 10.2 Å². The van der Waals surface area contributed by atoms with Gasteiger partial charge < -0.3 is 5.73 Å². The molecule has 1 aromatic rings. The van der Waals surface area contributed by atoms with Crippen LogP contribution in [0.3, 0.4) is 0 Å². The smallest absolute Gasteiger partial charge is 0.125 e. The molecule has 86 valence electrons. The van der Waals surface area contributed by atoms with Crippen molar-refractivity contribution in [2.24, 2.45) is 28.9 Å². The zero-order valence-electron chi connectivity index (χ0n) is 9.94. The Hall–Kier alpha value is -1.65. The molecule has 5 nitrogen and oxygen atoms in total. The van der Waals surface area contributed by atoms with Gasteiger partial charge in [-0.15, -0.1) is 5.10 Å². The van der Waals surface area contributed by atoms with Gasteiger partial charge in [-0.05, 0) is 6.42 Å².